The van der Waals surface area contributed by atoms with Crippen LogP contribution in [0, 0.1) is 0 Å². The summed E-state index contributed by atoms with van der Waals surface area (Å²) in [6.07, 6.45) is 3.65. The molecule has 1 amide bonds. The van der Waals surface area contributed by atoms with Gasteiger partial charge in [-0.2, -0.15) is 0 Å². The number of likely N-dealkylation sites (tertiary alicyclic amines) is 1. The average Bonchev–Trinajstić information content (AvgIpc) is 3.19. The molecule has 2 heterocycles. The van der Waals surface area contributed by atoms with Gasteiger partial charge in [-0.15, -0.1) is 0 Å². The van der Waals surface area contributed by atoms with Crippen LogP contribution in [0.15, 0.2) is 12.1 Å². The number of nitrogens with zero attached hydrogens (tertiary/aromatic N) is 2. The number of pyridine rings is 1. The molecule has 108 valence electrons. The Hall–Kier alpha value is -1.33. The van der Waals surface area contributed by atoms with E-state index in [4.69, 9.17) is 11.6 Å². The summed E-state index contributed by atoms with van der Waals surface area (Å²) in [6, 6.07) is 4.33. The van der Waals surface area contributed by atoms with Crippen LogP contribution in [0.1, 0.15) is 29.6 Å². The van der Waals surface area contributed by atoms with Crippen molar-refractivity contribution in [3.63, 3.8) is 0 Å². The fraction of sp³-hybridized carbons (Fsp3) is 0.571. The van der Waals surface area contributed by atoms with Crippen molar-refractivity contribution in [3.8, 4) is 0 Å². The number of anilines is 1. The summed E-state index contributed by atoms with van der Waals surface area (Å²) < 4.78 is 0. The number of nitrogens with one attached hydrogen (secondary N) is 2. The molecule has 1 aliphatic carbocycles. The summed E-state index contributed by atoms with van der Waals surface area (Å²) >= 11 is 5.92. The van der Waals surface area contributed by atoms with Crippen molar-refractivity contribution >= 4 is 23.3 Å². The van der Waals surface area contributed by atoms with Gasteiger partial charge in [0.05, 0.1) is 0 Å². The van der Waals surface area contributed by atoms with E-state index in [2.05, 4.69) is 20.5 Å². The summed E-state index contributed by atoms with van der Waals surface area (Å²) in [6.45, 7) is 2.06. The molecule has 1 atom stereocenters. The van der Waals surface area contributed by atoms with Crippen molar-refractivity contribution in [1.82, 2.24) is 15.2 Å². The Morgan fingerprint density at radius 1 is 1.40 bits per heavy atom. The molecule has 1 aromatic rings. The summed E-state index contributed by atoms with van der Waals surface area (Å²) in [5, 5.41) is 6.32. The van der Waals surface area contributed by atoms with E-state index < -0.39 is 0 Å². The molecular formula is C14H19ClN4O. The fourth-order valence-corrected chi connectivity index (χ4v) is 2.91. The summed E-state index contributed by atoms with van der Waals surface area (Å²) in [5.74, 6) is 0.530. The number of hydrogen-bond donors (Lipinski definition) is 2. The van der Waals surface area contributed by atoms with Crippen LogP contribution in [0.25, 0.3) is 0 Å². The molecule has 2 aliphatic rings. The van der Waals surface area contributed by atoms with Gasteiger partial charge in [-0.3, -0.25) is 9.69 Å². The van der Waals surface area contributed by atoms with Crippen LogP contribution < -0.4 is 10.6 Å². The van der Waals surface area contributed by atoms with Gasteiger partial charge >= 0.3 is 0 Å². The molecule has 6 heteroatoms. The van der Waals surface area contributed by atoms with Crippen molar-refractivity contribution in [2.24, 2.45) is 0 Å². The maximum absolute atomic E-state index is 12.3. The third-order valence-electron chi connectivity index (χ3n) is 3.93. The highest BCUT2D eigenvalue weighted by atomic mass is 35.5. The van der Waals surface area contributed by atoms with Gasteiger partial charge in [0.15, 0.2) is 0 Å². The zero-order valence-electron chi connectivity index (χ0n) is 11.5. The molecule has 5 nitrogen and oxygen atoms in total. The molecule has 1 saturated heterocycles. The minimum atomic E-state index is -0.0755. The Bertz CT molecular complexity index is 518. The normalized spacial score (nSPS) is 22.8. The number of amides is 1. The van der Waals surface area contributed by atoms with Crippen LogP contribution in [0.3, 0.4) is 0 Å². The first kappa shape index (κ1) is 13.6. The number of rotatable bonds is 4. The van der Waals surface area contributed by atoms with Crippen LogP contribution in [0.5, 0.6) is 0 Å². The zero-order chi connectivity index (χ0) is 14.1. The smallest absolute Gasteiger partial charge is 0.251 e. The van der Waals surface area contributed by atoms with Gasteiger partial charge in [-0.25, -0.2) is 4.98 Å². The van der Waals surface area contributed by atoms with Crippen LogP contribution in [0.2, 0.25) is 5.15 Å². The van der Waals surface area contributed by atoms with Gasteiger partial charge in [0.25, 0.3) is 5.91 Å². The van der Waals surface area contributed by atoms with Gasteiger partial charge < -0.3 is 10.6 Å². The lowest BCUT2D eigenvalue weighted by atomic mass is 10.2. The van der Waals surface area contributed by atoms with E-state index in [9.17, 15) is 4.79 Å². The maximum atomic E-state index is 12.3. The monoisotopic (exact) mass is 294 g/mol. The van der Waals surface area contributed by atoms with E-state index in [0.717, 1.165) is 25.6 Å². The van der Waals surface area contributed by atoms with Crippen molar-refractivity contribution in [2.75, 3.05) is 25.5 Å². The lowest BCUT2D eigenvalue weighted by molar-refractivity contribution is 0.0937. The summed E-state index contributed by atoms with van der Waals surface area (Å²) in [4.78, 5) is 18.8. The Morgan fingerprint density at radius 2 is 2.20 bits per heavy atom. The van der Waals surface area contributed by atoms with E-state index in [-0.39, 0.29) is 11.9 Å². The molecule has 1 unspecified atom stereocenters. The molecule has 0 spiro atoms. The summed E-state index contributed by atoms with van der Waals surface area (Å²) in [7, 11) is 1.75. The molecule has 0 bridgehead atoms. The highest BCUT2D eigenvalue weighted by molar-refractivity contribution is 6.29. The number of hydrogen-bond acceptors (Lipinski definition) is 4. The molecule has 1 saturated carbocycles. The van der Waals surface area contributed by atoms with E-state index in [1.165, 1.54) is 12.8 Å². The Morgan fingerprint density at radius 3 is 2.90 bits per heavy atom. The highest BCUT2D eigenvalue weighted by Gasteiger charge is 2.34. The van der Waals surface area contributed by atoms with Crippen molar-refractivity contribution in [3.05, 3.63) is 22.8 Å². The second kappa shape index (κ2) is 5.58. The first-order valence-electron chi connectivity index (χ1n) is 7.06. The third-order valence-corrected chi connectivity index (χ3v) is 4.12. The highest BCUT2D eigenvalue weighted by Crippen LogP contribution is 2.29. The molecule has 0 aromatic carbocycles. The number of carbonyl (C=O) groups is 1. The van der Waals surface area contributed by atoms with Gasteiger partial charge in [0, 0.05) is 37.8 Å². The third kappa shape index (κ3) is 3.04. The SMILES string of the molecule is CNc1cc(C(=O)NC2CCN(C3CC3)C2)cc(Cl)n1. The predicted molar refractivity (Wildman–Crippen MR) is 79.3 cm³/mol. The fourth-order valence-electron chi connectivity index (χ4n) is 2.70. The quantitative estimate of drug-likeness (QED) is 0.831. The lowest BCUT2D eigenvalue weighted by Crippen LogP contribution is -2.37. The number of carbonyl (C=O) groups excluding carboxylic acids is 1. The predicted octanol–water partition coefficient (Wildman–Crippen LogP) is 1.74. The minimum absolute atomic E-state index is 0.0755. The van der Waals surface area contributed by atoms with E-state index in [1.807, 2.05) is 0 Å². The number of aromatic nitrogens is 1. The first-order valence-corrected chi connectivity index (χ1v) is 7.44. The molecule has 3 rings (SSSR count). The zero-order valence-corrected chi connectivity index (χ0v) is 12.3. The van der Waals surface area contributed by atoms with E-state index in [0.29, 0.717) is 16.5 Å². The van der Waals surface area contributed by atoms with E-state index >= 15 is 0 Å². The Kier molecular flexibility index (Phi) is 3.81. The van der Waals surface area contributed by atoms with Crippen molar-refractivity contribution in [1.29, 1.82) is 0 Å². The molecule has 2 N–H and O–H groups in total. The van der Waals surface area contributed by atoms with Crippen LogP contribution in [-0.4, -0.2) is 48.0 Å². The molecule has 1 aromatic heterocycles. The summed E-state index contributed by atoms with van der Waals surface area (Å²) in [5.41, 5.74) is 0.555. The molecule has 0 radical (unpaired) electrons. The van der Waals surface area contributed by atoms with Crippen LogP contribution in [0.4, 0.5) is 5.82 Å². The maximum Gasteiger partial charge on any atom is 0.251 e. The average molecular weight is 295 g/mol. The first-order chi connectivity index (χ1) is 9.65. The number of halogens is 1. The van der Waals surface area contributed by atoms with Gasteiger partial charge in [0.1, 0.15) is 11.0 Å². The molecule has 1 aliphatic heterocycles. The van der Waals surface area contributed by atoms with Gasteiger partial charge in [-0.1, -0.05) is 11.6 Å². The van der Waals surface area contributed by atoms with Crippen LogP contribution >= 0.6 is 11.6 Å². The van der Waals surface area contributed by atoms with Crippen molar-refractivity contribution in [2.45, 2.75) is 31.3 Å². The second-order valence-electron chi connectivity index (χ2n) is 5.50. The molecular weight excluding hydrogens is 276 g/mol. The topological polar surface area (TPSA) is 57.3 Å². The Balaban J connectivity index is 1.62. The van der Waals surface area contributed by atoms with Gasteiger partial charge in [0.2, 0.25) is 0 Å². The second-order valence-corrected chi connectivity index (χ2v) is 5.89. The Labute approximate surface area is 123 Å². The van der Waals surface area contributed by atoms with Crippen molar-refractivity contribution < 1.29 is 4.79 Å². The van der Waals surface area contributed by atoms with Gasteiger partial charge in [-0.05, 0) is 31.4 Å². The minimum Gasteiger partial charge on any atom is -0.373 e. The van der Waals surface area contributed by atoms with Crippen LogP contribution in [-0.2, 0) is 0 Å². The van der Waals surface area contributed by atoms with E-state index in [1.54, 1.807) is 19.2 Å². The molecule has 20 heavy (non-hydrogen) atoms. The lowest BCUT2D eigenvalue weighted by Gasteiger charge is -2.16. The molecule has 2 fully saturated rings. The largest absolute Gasteiger partial charge is 0.373 e. The standard InChI is InChI=1S/C14H19ClN4O/c1-16-13-7-9(6-12(15)18-13)14(20)17-10-4-5-19(8-10)11-2-3-11/h6-7,10-11H,2-5,8H2,1H3,(H,16,18)(H,17,20).